The van der Waals surface area contributed by atoms with Crippen LogP contribution in [-0.4, -0.2) is 31.4 Å². The van der Waals surface area contributed by atoms with E-state index in [0.717, 1.165) is 10.7 Å². The molecule has 2 aromatic rings. The fourth-order valence-electron chi connectivity index (χ4n) is 1.86. The van der Waals surface area contributed by atoms with Gasteiger partial charge in [0.15, 0.2) is 5.17 Å². The maximum atomic E-state index is 11.2. The molecule has 110 valence electrons. The van der Waals surface area contributed by atoms with E-state index < -0.39 is 0 Å². The fraction of sp³-hybridized carbons (Fsp3) is 0.385. The molecule has 3 heterocycles. The predicted molar refractivity (Wildman–Crippen MR) is 85.6 cm³/mol. The molecule has 1 fully saturated rings. The summed E-state index contributed by atoms with van der Waals surface area (Å²) in [6, 6.07) is 0. The second kappa shape index (κ2) is 5.27. The third-order valence-electron chi connectivity index (χ3n) is 2.83. The van der Waals surface area contributed by atoms with Crippen LogP contribution in [0.3, 0.4) is 0 Å². The molecule has 0 saturated carbocycles. The number of imidazole rings is 1. The van der Waals surface area contributed by atoms with Crippen molar-refractivity contribution in [3.05, 3.63) is 24.4 Å². The van der Waals surface area contributed by atoms with Crippen molar-refractivity contribution < 1.29 is 4.79 Å². The molecule has 1 N–H and O–H groups in total. The van der Waals surface area contributed by atoms with Crippen LogP contribution in [0, 0.1) is 0 Å². The summed E-state index contributed by atoms with van der Waals surface area (Å²) in [6.07, 6.45) is 5.39. The number of carbonyl (C=O) groups excluding carboxylic acids is 1. The van der Waals surface area contributed by atoms with E-state index in [1.54, 1.807) is 12.5 Å². The van der Waals surface area contributed by atoms with Gasteiger partial charge in [-0.2, -0.15) is 4.99 Å². The smallest absolute Gasteiger partial charge is 0.236 e. The first-order valence-electron chi connectivity index (χ1n) is 6.44. The van der Waals surface area contributed by atoms with Crippen molar-refractivity contribution in [1.29, 1.82) is 0 Å². The monoisotopic (exact) mass is 321 g/mol. The summed E-state index contributed by atoms with van der Waals surface area (Å²) < 4.78 is 1.95. The molecule has 0 radical (unpaired) electrons. The summed E-state index contributed by atoms with van der Waals surface area (Å²) in [5, 5.41) is 5.00. The Morgan fingerprint density at radius 3 is 2.81 bits per heavy atom. The summed E-state index contributed by atoms with van der Waals surface area (Å²) in [5.41, 5.74) is 0.875. The van der Waals surface area contributed by atoms with Crippen LogP contribution in [0.25, 0.3) is 5.00 Å². The van der Waals surface area contributed by atoms with Gasteiger partial charge < -0.3 is 5.32 Å². The summed E-state index contributed by atoms with van der Waals surface area (Å²) in [4.78, 5) is 24.4. The third-order valence-corrected chi connectivity index (χ3v) is 4.67. The Labute approximate surface area is 130 Å². The van der Waals surface area contributed by atoms with Gasteiger partial charge >= 0.3 is 0 Å². The number of nitrogens with zero attached hydrogens (tertiary/aromatic N) is 4. The highest BCUT2D eigenvalue weighted by Crippen LogP contribution is 2.36. The van der Waals surface area contributed by atoms with Crippen LogP contribution in [0.4, 0.5) is 5.13 Å². The van der Waals surface area contributed by atoms with Crippen LogP contribution in [0.15, 0.2) is 23.7 Å². The third kappa shape index (κ3) is 3.01. The van der Waals surface area contributed by atoms with Crippen molar-refractivity contribution in [2.24, 2.45) is 4.99 Å². The number of rotatable bonds is 2. The van der Waals surface area contributed by atoms with E-state index in [9.17, 15) is 4.79 Å². The zero-order chi connectivity index (χ0) is 15.0. The van der Waals surface area contributed by atoms with Crippen LogP contribution < -0.4 is 5.32 Å². The van der Waals surface area contributed by atoms with Gasteiger partial charge in [-0.3, -0.25) is 9.36 Å². The number of aliphatic imine (C=N–C) groups is 1. The predicted octanol–water partition coefficient (Wildman–Crippen LogP) is 2.48. The summed E-state index contributed by atoms with van der Waals surface area (Å²) in [7, 11) is 0. The lowest BCUT2D eigenvalue weighted by Crippen LogP contribution is -2.19. The molecule has 0 unspecified atom stereocenters. The Balaban J connectivity index is 2.02. The highest BCUT2D eigenvalue weighted by Gasteiger charge is 2.25. The number of carbonyl (C=O) groups is 1. The Morgan fingerprint density at radius 2 is 2.24 bits per heavy atom. The van der Waals surface area contributed by atoms with E-state index in [4.69, 9.17) is 0 Å². The van der Waals surface area contributed by atoms with Crippen LogP contribution in [0.1, 0.15) is 26.5 Å². The Bertz CT molecular complexity index is 697. The molecule has 0 bridgehead atoms. The number of thioether (sulfide) groups is 1. The van der Waals surface area contributed by atoms with Crippen LogP contribution in [0.2, 0.25) is 0 Å². The molecule has 0 aliphatic carbocycles. The first kappa shape index (κ1) is 14.3. The van der Waals surface area contributed by atoms with Crippen molar-refractivity contribution in [3.8, 4) is 5.00 Å². The zero-order valence-corrected chi connectivity index (χ0v) is 13.6. The highest BCUT2D eigenvalue weighted by atomic mass is 32.2. The average Bonchev–Trinajstić information content (AvgIpc) is 3.08. The standard InChI is InChI=1S/C13H15N5OS2/c1-13(2,3)9-10(18-5-4-14-7-18)21-12(16-9)17-11-15-8(19)6-20-11/h4-5,7H,6H2,1-3H3,(H,15,16,17,19). The van der Waals surface area contributed by atoms with E-state index in [-0.39, 0.29) is 11.3 Å². The van der Waals surface area contributed by atoms with Crippen molar-refractivity contribution in [1.82, 2.24) is 19.9 Å². The average molecular weight is 321 g/mol. The molecule has 0 atom stereocenters. The molecular weight excluding hydrogens is 306 g/mol. The van der Waals surface area contributed by atoms with Crippen molar-refractivity contribution >= 4 is 39.3 Å². The van der Waals surface area contributed by atoms with Gasteiger partial charge in [0.25, 0.3) is 0 Å². The van der Waals surface area contributed by atoms with Gasteiger partial charge in [0.05, 0.1) is 17.8 Å². The second-order valence-electron chi connectivity index (χ2n) is 5.62. The number of thiazole rings is 1. The van der Waals surface area contributed by atoms with Crippen LogP contribution in [0.5, 0.6) is 0 Å². The van der Waals surface area contributed by atoms with Gasteiger partial charge in [0, 0.05) is 17.8 Å². The maximum Gasteiger partial charge on any atom is 0.236 e. The second-order valence-corrected chi connectivity index (χ2v) is 7.54. The van der Waals surface area contributed by atoms with E-state index in [0.29, 0.717) is 16.1 Å². The van der Waals surface area contributed by atoms with Crippen molar-refractivity contribution in [2.45, 2.75) is 26.2 Å². The number of amidine groups is 1. The number of aromatic nitrogens is 3. The van der Waals surface area contributed by atoms with E-state index in [1.165, 1.54) is 23.1 Å². The minimum Gasteiger partial charge on any atom is -0.304 e. The Kier molecular flexibility index (Phi) is 3.58. The van der Waals surface area contributed by atoms with Gasteiger partial charge in [-0.1, -0.05) is 43.9 Å². The molecule has 1 aliphatic rings. The largest absolute Gasteiger partial charge is 0.304 e. The van der Waals surface area contributed by atoms with E-state index in [2.05, 4.69) is 41.0 Å². The summed E-state index contributed by atoms with van der Waals surface area (Å²) >= 11 is 2.89. The van der Waals surface area contributed by atoms with Gasteiger partial charge in [-0.25, -0.2) is 9.97 Å². The van der Waals surface area contributed by atoms with E-state index in [1.807, 2.05) is 10.8 Å². The first-order valence-corrected chi connectivity index (χ1v) is 8.24. The number of amides is 1. The number of nitrogens with one attached hydrogen (secondary N) is 1. The Hall–Kier alpha value is -1.67. The van der Waals surface area contributed by atoms with Crippen LogP contribution in [-0.2, 0) is 10.2 Å². The van der Waals surface area contributed by atoms with Gasteiger partial charge in [-0.05, 0) is 0 Å². The molecule has 1 amide bonds. The van der Waals surface area contributed by atoms with Crippen molar-refractivity contribution in [2.75, 3.05) is 5.75 Å². The lowest BCUT2D eigenvalue weighted by Gasteiger charge is -2.17. The number of hydrogen-bond acceptors (Lipinski definition) is 6. The minimum atomic E-state index is -0.0966. The van der Waals surface area contributed by atoms with Crippen molar-refractivity contribution in [3.63, 3.8) is 0 Å². The zero-order valence-electron chi connectivity index (χ0n) is 12.0. The molecule has 2 aromatic heterocycles. The molecule has 1 aliphatic heterocycles. The molecule has 1 saturated heterocycles. The molecule has 8 heteroatoms. The topological polar surface area (TPSA) is 72.2 Å². The molecule has 6 nitrogen and oxygen atoms in total. The van der Waals surface area contributed by atoms with Gasteiger partial charge in [-0.15, -0.1) is 0 Å². The molecule has 0 aromatic carbocycles. The highest BCUT2D eigenvalue weighted by molar-refractivity contribution is 8.15. The normalized spacial score (nSPS) is 17.5. The summed E-state index contributed by atoms with van der Waals surface area (Å²) in [5.74, 6) is 0.409. The summed E-state index contributed by atoms with van der Waals surface area (Å²) in [6.45, 7) is 6.35. The van der Waals surface area contributed by atoms with Gasteiger partial charge in [0.2, 0.25) is 11.0 Å². The molecular formula is C13H15N5OS2. The number of hydrogen-bond donors (Lipinski definition) is 1. The molecule has 21 heavy (non-hydrogen) atoms. The lowest BCUT2D eigenvalue weighted by atomic mass is 9.92. The van der Waals surface area contributed by atoms with E-state index >= 15 is 0 Å². The lowest BCUT2D eigenvalue weighted by molar-refractivity contribution is -0.116. The first-order chi connectivity index (χ1) is 9.93. The molecule has 0 spiro atoms. The maximum absolute atomic E-state index is 11.2. The Morgan fingerprint density at radius 1 is 1.43 bits per heavy atom. The fourth-order valence-corrected chi connectivity index (χ4v) is 3.71. The van der Waals surface area contributed by atoms with Gasteiger partial charge in [0.1, 0.15) is 5.00 Å². The SMILES string of the molecule is CC(C)(C)c1nc(N=C2NC(=O)CS2)sc1-n1ccnc1. The quantitative estimate of drug-likeness (QED) is 0.922. The van der Waals surface area contributed by atoms with Crippen LogP contribution >= 0.6 is 23.1 Å². The molecule has 3 rings (SSSR count). The minimum absolute atomic E-state index is 0.0128.